The second-order valence-corrected chi connectivity index (χ2v) is 9.56. The van der Waals surface area contributed by atoms with E-state index < -0.39 is 0 Å². The monoisotopic (exact) mass is 318 g/mol. The quantitative estimate of drug-likeness (QED) is 0.753. The van der Waals surface area contributed by atoms with Crippen LogP contribution in [0.2, 0.25) is 0 Å². The minimum atomic E-state index is -0.379. The molecule has 0 aromatic carbocycles. The Hall–Kier alpha value is -0.670. The number of fused-ring (bicyclic) bond motifs is 4. The molecule has 4 rings (SSSR count). The zero-order chi connectivity index (χ0) is 16.8. The Morgan fingerprint density at radius 1 is 1.26 bits per heavy atom. The first-order valence-electron chi connectivity index (χ1n) is 9.23. The highest BCUT2D eigenvalue weighted by molar-refractivity contribution is 5.99. The van der Waals surface area contributed by atoms with Crippen LogP contribution in [0, 0.1) is 28.6 Å². The molecule has 3 heteroatoms. The first kappa shape index (κ1) is 15.8. The Morgan fingerprint density at radius 3 is 2.61 bits per heavy atom. The topological polar surface area (TPSA) is 49.8 Å². The van der Waals surface area contributed by atoms with Crippen LogP contribution in [-0.2, 0) is 9.53 Å². The van der Waals surface area contributed by atoms with Gasteiger partial charge in [-0.3, -0.25) is 4.79 Å². The summed E-state index contributed by atoms with van der Waals surface area (Å²) in [6.07, 6.45) is 5.51. The average molecular weight is 318 g/mol. The smallest absolute Gasteiger partial charge is 0.162 e. The number of hydrogen-bond acceptors (Lipinski definition) is 3. The summed E-state index contributed by atoms with van der Waals surface area (Å²) in [5.41, 5.74) is 0.875. The highest BCUT2D eigenvalue weighted by atomic mass is 16.6. The van der Waals surface area contributed by atoms with E-state index in [4.69, 9.17) is 4.74 Å². The van der Waals surface area contributed by atoms with Gasteiger partial charge in [-0.25, -0.2) is 0 Å². The molecule has 1 N–H and O–H groups in total. The summed E-state index contributed by atoms with van der Waals surface area (Å²) in [5, 5.41) is 10.7. The van der Waals surface area contributed by atoms with Crippen LogP contribution in [0.25, 0.3) is 0 Å². The summed E-state index contributed by atoms with van der Waals surface area (Å²) in [6.45, 7) is 11.0. The molecule has 128 valence electrons. The van der Waals surface area contributed by atoms with Crippen molar-refractivity contribution in [2.45, 2.75) is 78.1 Å². The van der Waals surface area contributed by atoms with Crippen LogP contribution in [0.3, 0.4) is 0 Å². The molecule has 0 spiro atoms. The summed E-state index contributed by atoms with van der Waals surface area (Å²) in [7, 11) is 0. The molecular weight excluding hydrogens is 288 g/mol. The van der Waals surface area contributed by atoms with Gasteiger partial charge in [0, 0.05) is 5.41 Å². The van der Waals surface area contributed by atoms with Gasteiger partial charge in [0.25, 0.3) is 0 Å². The molecule has 1 aliphatic heterocycles. The number of carbonyl (C=O) groups excluding carboxylic acids is 1. The molecule has 0 aromatic rings. The van der Waals surface area contributed by atoms with Crippen LogP contribution >= 0.6 is 0 Å². The number of hydrogen-bond donors (Lipinski definition) is 1. The fourth-order valence-electron chi connectivity index (χ4n) is 5.94. The summed E-state index contributed by atoms with van der Waals surface area (Å²) in [5.74, 6) is 1.50. The number of aliphatic hydroxyl groups is 1. The van der Waals surface area contributed by atoms with Crippen LogP contribution in [0.4, 0.5) is 0 Å². The molecule has 2 saturated carbocycles. The van der Waals surface area contributed by atoms with E-state index in [-0.39, 0.29) is 28.6 Å². The van der Waals surface area contributed by atoms with Crippen molar-refractivity contribution in [2.24, 2.45) is 28.6 Å². The van der Waals surface area contributed by atoms with E-state index in [1.54, 1.807) is 0 Å². The molecule has 3 nitrogen and oxygen atoms in total. The molecule has 3 aliphatic carbocycles. The summed E-state index contributed by atoms with van der Waals surface area (Å²) < 4.78 is 5.90. The predicted octanol–water partition coefficient (Wildman–Crippen LogP) is 3.50. The van der Waals surface area contributed by atoms with Gasteiger partial charge in [-0.05, 0) is 61.9 Å². The maximum absolute atomic E-state index is 12.8. The Bertz CT molecular complexity index is 594. The summed E-state index contributed by atoms with van der Waals surface area (Å²) >= 11 is 0. The number of ketones is 1. The lowest BCUT2D eigenvalue weighted by atomic mass is 9.51. The van der Waals surface area contributed by atoms with Crippen molar-refractivity contribution in [1.29, 1.82) is 0 Å². The van der Waals surface area contributed by atoms with Crippen LogP contribution in [0.15, 0.2) is 11.6 Å². The lowest BCUT2D eigenvalue weighted by Gasteiger charge is -2.53. The van der Waals surface area contributed by atoms with Gasteiger partial charge in [0.05, 0.1) is 12.2 Å². The summed E-state index contributed by atoms with van der Waals surface area (Å²) in [4.78, 5) is 12.8. The maximum Gasteiger partial charge on any atom is 0.162 e. The number of rotatable bonds is 1. The number of allylic oxidation sites excluding steroid dienone is 2. The molecule has 4 unspecified atom stereocenters. The SMILES string of the molecule is CC(C)C1=CC(=O)C2(C)CCC3(C)C[C@@H](O)[C@]4(C)OC4C[C@@H]3C12. The van der Waals surface area contributed by atoms with E-state index in [2.05, 4.69) is 34.6 Å². The molecule has 7 atom stereocenters. The first-order valence-corrected chi connectivity index (χ1v) is 9.23. The van der Waals surface area contributed by atoms with Crippen molar-refractivity contribution >= 4 is 5.78 Å². The molecule has 0 bridgehead atoms. The van der Waals surface area contributed by atoms with Crippen molar-refractivity contribution in [3.63, 3.8) is 0 Å². The van der Waals surface area contributed by atoms with Gasteiger partial charge < -0.3 is 9.84 Å². The first-order chi connectivity index (χ1) is 10.6. The van der Waals surface area contributed by atoms with Crippen molar-refractivity contribution in [2.75, 3.05) is 0 Å². The molecule has 1 heterocycles. The van der Waals surface area contributed by atoms with Gasteiger partial charge in [-0.15, -0.1) is 0 Å². The van der Waals surface area contributed by atoms with E-state index >= 15 is 0 Å². The minimum Gasteiger partial charge on any atom is -0.390 e. The molecule has 0 radical (unpaired) electrons. The molecule has 4 aliphatic rings. The van der Waals surface area contributed by atoms with Crippen molar-refractivity contribution in [3.8, 4) is 0 Å². The van der Waals surface area contributed by atoms with Gasteiger partial charge >= 0.3 is 0 Å². The largest absolute Gasteiger partial charge is 0.390 e. The highest BCUT2D eigenvalue weighted by Gasteiger charge is 2.67. The van der Waals surface area contributed by atoms with Gasteiger partial charge in [-0.1, -0.05) is 33.3 Å². The Morgan fingerprint density at radius 2 is 1.96 bits per heavy atom. The van der Waals surface area contributed by atoms with Crippen LogP contribution in [-0.4, -0.2) is 28.7 Å². The molecule has 1 saturated heterocycles. The number of ether oxygens (including phenoxy) is 1. The molecule has 0 amide bonds. The number of epoxide rings is 1. The minimum absolute atomic E-state index is 0.113. The second-order valence-electron chi connectivity index (χ2n) is 9.56. The Balaban J connectivity index is 1.77. The van der Waals surface area contributed by atoms with Gasteiger partial charge in [0.15, 0.2) is 5.78 Å². The molecule has 23 heavy (non-hydrogen) atoms. The van der Waals surface area contributed by atoms with Gasteiger partial charge in [-0.2, -0.15) is 0 Å². The van der Waals surface area contributed by atoms with Gasteiger partial charge in [0.1, 0.15) is 5.60 Å². The molecule has 3 fully saturated rings. The maximum atomic E-state index is 12.8. The Kier molecular flexibility index (Phi) is 3.09. The average Bonchev–Trinajstić information content (AvgIpc) is 3.05. The fraction of sp³-hybridized carbons (Fsp3) is 0.850. The fourth-order valence-corrected chi connectivity index (χ4v) is 5.94. The highest BCUT2D eigenvalue weighted by Crippen LogP contribution is 2.65. The second kappa shape index (κ2) is 4.49. The molecule has 0 aromatic heterocycles. The zero-order valence-electron chi connectivity index (χ0n) is 15.1. The van der Waals surface area contributed by atoms with E-state index in [1.165, 1.54) is 5.57 Å². The molecular formula is C20H30O3. The third kappa shape index (κ3) is 1.93. The third-order valence-electron chi connectivity index (χ3n) is 7.85. The van der Waals surface area contributed by atoms with Crippen molar-refractivity contribution in [1.82, 2.24) is 0 Å². The lowest BCUT2D eigenvalue weighted by molar-refractivity contribution is -0.132. The van der Waals surface area contributed by atoms with Crippen molar-refractivity contribution in [3.05, 3.63) is 11.6 Å². The predicted molar refractivity (Wildman–Crippen MR) is 88.9 cm³/mol. The summed E-state index contributed by atoms with van der Waals surface area (Å²) in [6, 6.07) is 0. The van der Waals surface area contributed by atoms with E-state index in [0.717, 1.165) is 25.7 Å². The lowest BCUT2D eigenvalue weighted by Crippen LogP contribution is -2.49. The van der Waals surface area contributed by atoms with E-state index in [0.29, 0.717) is 23.5 Å². The number of aliphatic hydroxyl groups excluding tert-OH is 1. The van der Waals surface area contributed by atoms with Crippen LogP contribution in [0.1, 0.15) is 60.3 Å². The Labute approximate surface area is 139 Å². The van der Waals surface area contributed by atoms with E-state index in [1.807, 2.05) is 6.08 Å². The number of carbonyl (C=O) groups is 1. The third-order valence-corrected chi connectivity index (χ3v) is 7.85. The van der Waals surface area contributed by atoms with Gasteiger partial charge in [0.2, 0.25) is 0 Å². The normalized spacial score (nSPS) is 54.9. The zero-order valence-corrected chi connectivity index (χ0v) is 15.1. The van der Waals surface area contributed by atoms with E-state index in [9.17, 15) is 9.90 Å². The standard InChI is InChI=1S/C20H30O3/c1-11(2)12-8-14(21)19(4)7-6-18(3)10-15(22)20(5)16(23-20)9-13(18)17(12)19/h8,11,13,15-17,22H,6-7,9-10H2,1-5H3/t13-,15-,16?,17?,18?,19?,20+/m1/s1. The van der Waals surface area contributed by atoms with Crippen LogP contribution in [0.5, 0.6) is 0 Å². The van der Waals surface area contributed by atoms with Crippen molar-refractivity contribution < 1.29 is 14.6 Å². The van der Waals surface area contributed by atoms with Crippen LogP contribution < -0.4 is 0 Å².